The van der Waals surface area contributed by atoms with E-state index in [0.717, 1.165) is 0 Å². The second kappa shape index (κ2) is 6.03. The molecule has 5 nitrogen and oxygen atoms in total. The minimum Gasteiger partial charge on any atom is -0.458 e. The van der Waals surface area contributed by atoms with Crippen molar-refractivity contribution in [1.82, 2.24) is 9.97 Å². The highest BCUT2D eigenvalue weighted by Crippen LogP contribution is 2.08. The molecule has 0 amide bonds. The number of aromatic nitrogens is 2. The van der Waals surface area contributed by atoms with Gasteiger partial charge in [-0.15, -0.1) is 0 Å². The molecule has 1 aromatic rings. The Hall–Kier alpha value is -1.67. The number of hydrogen-bond donors (Lipinski definition) is 0. The lowest BCUT2D eigenvalue weighted by molar-refractivity contribution is 0.0606. The number of hydrogen-bond acceptors (Lipinski definition) is 5. The van der Waals surface area contributed by atoms with Crippen LogP contribution in [0.3, 0.4) is 0 Å². The van der Waals surface area contributed by atoms with Gasteiger partial charge < -0.3 is 9.47 Å². The van der Waals surface area contributed by atoms with E-state index in [0.29, 0.717) is 24.6 Å². The van der Waals surface area contributed by atoms with Crippen LogP contribution in [0.4, 0.5) is 0 Å². The number of nitrogens with zero attached hydrogens (tertiary/aromatic N) is 3. The van der Waals surface area contributed by atoms with E-state index in [4.69, 9.17) is 14.7 Å². The Morgan fingerprint density at radius 1 is 1.50 bits per heavy atom. The molecule has 1 atom stereocenters. The van der Waals surface area contributed by atoms with Crippen LogP contribution in [0.1, 0.15) is 25.2 Å². The van der Waals surface area contributed by atoms with Crippen molar-refractivity contribution in [3.63, 3.8) is 0 Å². The zero-order valence-corrected chi connectivity index (χ0v) is 9.73. The summed E-state index contributed by atoms with van der Waals surface area (Å²) in [6.45, 7) is 6.71. The average Bonchev–Trinajstić information content (AvgIpc) is 2.25. The van der Waals surface area contributed by atoms with E-state index in [1.54, 1.807) is 13.0 Å². The van der Waals surface area contributed by atoms with E-state index in [9.17, 15) is 0 Å². The summed E-state index contributed by atoms with van der Waals surface area (Å²) in [6.07, 6.45) is -0.131. The van der Waals surface area contributed by atoms with Crippen LogP contribution in [-0.2, 0) is 4.74 Å². The molecule has 86 valence electrons. The number of rotatable bonds is 5. The molecule has 0 bridgehead atoms. The highest BCUT2D eigenvalue weighted by atomic mass is 16.5. The van der Waals surface area contributed by atoms with Gasteiger partial charge in [0.15, 0.2) is 0 Å². The molecule has 1 unspecified atom stereocenters. The van der Waals surface area contributed by atoms with Crippen LogP contribution >= 0.6 is 0 Å². The predicted molar refractivity (Wildman–Crippen MR) is 58.1 cm³/mol. The molecular weight excluding hydrogens is 206 g/mol. The average molecular weight is 221 g/mol. The molecule has 1 aromatic heterocycles. The maximum absolute atomic E-state index is 8.74. The van der Waals surface area contributed by atoms with E-state index in [-0.39, 0.29) is 12.1 Å². The number of aryl methyl sites for hydroxylation is 1. The lowest BCUT2D eigenvalue weighted by Crippen LogP contribution is -2.20. The van der Waals surface area contributed by atoms with Crippen molar-refractivity contribution in [3.8, 4) is 12.1 Å². The van der Waals surface area contributed by atoms with Crippen LogP contribution in [0.2, 0.25) is 0 Å². The quantitative estimate of drug-likeness (QED) is 0.753. The van der Waals surface area contributed by atoms with Gasteiger partial charge in [0, 0.05) is 12.3 Å². The number of ether oxygens (including phenoxy) is 2. The van der Waals surface area contributed by atoms with Gasteiger partial charge in [-0.1, -0.05) is 0 Å². The van der Waals surface area contributed by atoms with Gasteiger partial charge in [-0.25, -0.2) is 4.98 Å². The molecule has 0 radical (unpaired) electrons. The van der Waals surface area contributed by atoms with E-state index in [1.807, 2.05) is 19.9 Å². The minimum absolute atomic E-state index is 0.131. The van der Waals surface area contributed by atoms with Crippen molar-refractivity contribution >= 4 is 0 Å². The van der Waals surface area contributed by atoms with Crippen molar-refractivity contribution in [2.45, 2.75) is 26.9 Å². The summed E-state index contributed by atoms with van der Waals surface area (Å²) in [5.74, 6) is 0. The third kappa shape index (κ3) is 3.83. The Labute approximate surface area is 95.0 Å². The van der Waals surface area contributed by atoms with Crippen LogP contribution in [0, 0.1) is 18.3 Å². The minimum atomic E-state index is -0.131. The van der Waals surface area contributed by atoms with Gasteiger partial charge in [-0.2, -0.15) is 10.2 Å². The Balaban J connectivity index is 2.66. The first-order chi connectivity index (χ1) is 7.65. The van der Waals surface area contributed by atoms with E-state index < -0.39 is 0 Å². The molecule has 1 heterocycles. The van der Waals surface area contributed by atoms with Crippen molar-refractivity contribution in [1.29, 1.82) is 5.26 Å². The molecule has 0 aliphatic rings. The van der Waals surface area contributed by atoms with Gasteiger partial charge in [-0.05, 0) is 26.8 Å². The van der Waals surface area contributed by atoms with Crippen molar-refractivity contribution < 1.29 is 9.47 Å². The molecule has 0 aliphatic heterocycles. The van der Waals surface area contributed by atoms with Crippen molar-refractivity contribution in [3.05, 3.63) is 17.5 Å². The molecule has 0 spiro atoms. The summed E-state index contributed by atoms with van der Waals surface area (Å²) in [6, 6.07) is 3.80. The van der Waals surface area contributed by atoms with E-state index in [2.05, 4.69) is 9.97 Å². The Bertz CT molecular complexity index is 387. The zero-order valence-electron chi connectivity index (χ0n) is 9.73. The standard InChI is InChI=1S/C11H15N3O2/c1-4-15-7-9(3)16-11-13-8(2)5-10(6-12)14-11/h5,9H,4,7H2,1-3H3. The first-order valence-corrected chi connectivity index (χ1v) is 5.16. The molecule has 0 fully saturated rings. The third-order valence-corrected chi connectivity index (χ3v) is 1.81. The Morgan fingerprint density at radius 2 is 2.25 bits per heavy atom. The summed E-state index contributed by atoms with van der Waals surface area (Å²) in [7, 11) is 0. The SMILES string of the molecule is CCOCC(C)Oc1nc(C)cc(C#N)n1. The van der Waals surface area contributed by atoms with Crippen LogP contribution in [0.5, 0.6) is 6.01 Å². The fraction of sp³-hybridized carbons (Fsp3) is 0.545. The van der Waals surface area contributed by atoms with Crippen LogP contribution in [0.25, 0.3) is 0 Å². The summed E-state index contributed by atoms with van der Waals surface area (Å²) >= 11 is 0. The lowest BCUT2D eigenvalue weighted by Gasteiger charge is -2.12. The first kappa shape index (κ1) is 12.4. The molecule has 0 aromatic carbocycles. The largest absolute Gasteiger partial charge is 0.458 e. The highest BCUT2D eigenvalue weighted by molar-refractivity contribution is 5.23. The smallest absolute Gasteiger partial charge is 0.318 e. The summed E-state index contributed by atoms with van der Waals surface area (Å²) in [4.78, 5) is 8.04. The van der Waals surface area contributed by atoms with Gasteiger partial charge in [0.1, 0.15) is 17.9 Å². The molecule has 0 N–H and O–H groups in total. The van der Waals surface area contributed by atoms with E-state index in [1.165, 1.54) is 0 Å². The van der Waals surface area contributed by atoms with Gasteiger partial charge >= 0.3 is 6.01 Å². The second-order valence-corrected chi connectivity index (χ2v) is 3.38. The third-order valence-electron chi connectivity index (χ3n) is 1.81. The molecule has 16 heavy (non-hydrogen) atoms. The Kier molecular flexibility index (Phi) is 4.67. The van der Waals surface area contributed by atoms with Gasteiger partial charge in [-0.3, -0.25) is 0 Å². The molecular formula is C11H15N3O2. The van der Waals surface area contributed by atoms with Crippen molar-refractivity contribution in [2.24, 2.45) is 0 Å². The fourth-order valence-electron chi connectivity index (χ4n) is 1.15. The van der Waals surface area contributed by atoms with Crippen LogP contribution in [-0.4, -0.2) is 29.3 Å². The highest BCUT2D eigenvalue weighted by Gasteiger charge is 2.08. The lowest BCUT2D eigenvalue weighted by atomic mass is 10.3. The van der Waals surface area contributed by atoms with Crippen molar-refractivity contribution in [2.75, 3.05) is 13.2 Å². The van der Waals surface area contributed by atoms with Gasteiger partial charge in [0.25, 0.3) is 0 Å². The molecule has 0 aliphatic carbocycles. The predicted octanol–water partition coefficient (Wildman–Crippen LogP) is 1.46. The molecule has 5 heteroatoms. The molecule has 1 rings (SSSR count). The van der Waals surface area contributed by atoms with Crippen LogP contribution < -0.4 is 4.74 Å². The maximum Gasteiger partial charge on any atom is 0.318 e. The first-order valence-electron chi connectivity index (χ1n) is 5.16. The second-order valence-electron chi connectivity index (χ2n) is 3.38. The number of nitriles is 1. The zero-order chi connectivity index (χ0) is 12.0. The van der Waals surface area contributed by atoms with E-state index >= 15 is 0 Å². The topological polar surface area (TPSA) is 68.0 Å². The van der Waals surface area contributed by atoms with Gasteiger partial charge in [0.05, 0.1) is 6.61 Å². The van der Waals surface area contributed by atoms with Crippen LogP contribution in [0.15, 0.2) is 6.07 Å². The maximum atomic E-state index is 8.74. The molecule has 0 saturated carbocycles. The normalized spacial score (nSPS) is 11.9. The monoisotopic (exact) mass is 221 g/mol. The Morgan fingerprint density at radius 3 is 2.88 bits per heavy atom. The summed E-state index contributed by atoms with van der Waals surface area (Å²) < 4.78 is 10.7. The van der Waals surface area contributed by atoms with Gasteiger partial charge in [0.2, 0.25) is 0 Å². The summed E-state index contributed by atoms with van der Waals surface area (Å²) in [5.41, 5.74) is 1.02. The molecule has 0 saturated heterocycles. The summed E-state index contributed by atoms with van der Waals surface area (Å²) in [5, 5.41) is 8.74. The fourth-order valence-corrected chi connectivity index (χ4v) is 1.15.